The van der Waals surface area contributed by atoms with Crippen molar-refractivity contribution in [1.29, 1.82) is 0 Å². The van der Waals surface area contributed by atoms with Crippen molar-refractivity contribution in [1.82, 2.24) is 15.5 Å². The minimum absolute atomic E-state index is 0.101. The maximum Gasteiger partial charge on any atom is 0.314 e. The summed E-state index contributed by atoms with van der Waals surface area (Å²) in [7, 11) is 4.04. The highest BCUT2D eigenvalue weighted by molar-refractivity contribution is 5.73. The summed E-state index contributed by atoms with van der Waals surface area (Å²) >= 11 is 0. The van der Waals surface area contributed by atoms with E-state index in [0.29, 0.717) is 19.7 Å². The van der Waals surface area contributed by atoms with Crippen molar-refractivity contribution >= 4 is 6.03 Å². The first-order valence-corrected chi connectivity index (χ1v) is 8.19. The SMILES string of the molecule is CN(C)CCCNC(=O)NCCOc1cccc(C(C)(C)C)c1. The van der Waals surface area contributed by atoms with Crippen molar-refractivity contribution < 1.29 is 9.53 Å². The van der Waals surface area contributed by atoms with E-state index < -0.39 is 0 Å². The molecule has 0 spiro atoms. The lowest BCUT2D eigenvalue weighted by atomic mass is 9.87. The Morgan fingerprint density at radius 1 is 1.17 bits per heavy atom. The molecule has 1 aromatic carbocycles. The number of nitrogens with zero attached hydrogens (tertiary/aromatic N) is 1. The van der Waals surface area contributed by atoms with Crippen LogP contribution in [0.3, 0.4) is 0 Å². The number of rotatable bonds is 8. The predicted octanol–water partition coefficient (Wildman–Crippen LogP) is 2.61. The number of carbonyl (C=O) groups excluding carboxylic acids is 1. The summed E-state index contributed by atoms with van der Waals surface area (Å²) in [5.41, 5.74) is 1.34. The highest BCUT2D eigenvalue weighted by atomic mass is 16.5. The standard InChI is InChI=1S/C18H31N3O2/c1-18(2,3)15-8-6-9-16(14-15)23-13-11-20-17(22)19-10-7-12-21(4)5/h6,8-9,14H,7,10-13H2,1-5H3,(H2,19,20,22). The number of urea groups is 1. The first kappa shape index (κ1) is 19.3. The molecule has 0 fully saturated rings. The van der Waals surface area contributed by atoms with Crippen LogP contribution in [0, 0.1) is 0 Å². The average molecular weight is 321 g/mol. The van der Waals surface area contributed by atoms with Crippen molar-refractivity contribution in [2.24, 2.45) is 0 Å². The van der Waals surface area contributed by atoms with E-state index in [2.05, 4.69) is 48.4 Å². The minimum atomic E-state index is -0.143. The molecule has 0 saturated heterocycles. The predicted molar refractivity (Wildman–Crippen MR) is 95.2 cm³/mol. The smallest absolute Gasteiger partial charge is 0.314 e. The van der Waals surface area contributed by atoms with Gasteiger partial charge in [-0.05, 0) is 50.2 Å². The number of hydrogen-bond donors (Lipinski definition) is 2. The molecule has 0 aliphatic heterocycles. The van der Waals surface area contributed by atoms with Gasteiger partial charge < -0.3 is 20.3 Å². The van der Waals surface area contributed by atoms with Gasteiger partial charge >= 0.3 is 6.03 Å². The van der Waals surface area contributed by atoms with Crippen LogP contribution >= 0.6 is 0 Å². The highest BCUT2D eigenvalue weighted by Crippen LogP contribution is 2.25. The van der Waals surface area contributed by atoms with Gasteiger partial charge in [-0.2, -0.15) is 0 Å². The maximum absolute atomic E-state index is 11.6. The van der Waals surface area contributed by atoms with Crippen LogP contribution in [0.5, 0.6) is 5.75 Å². The summed E-state index contributed by atoms with van der Waals surface area (Å²) in [6.07, 6.45) is 0.941. The Kier molecular flexibility index (Phi) is 7.89. The Labute approximate surface area is 140 Å². The Morgan fingerprint density at radius 3 is 2.52 bits per heavy atom. The lowest BCUT2D eigenvalue weighted by Gasteiger charge is -2.19. The summed E-state index contributed by atoms with van der Waals surface area (Å²) in [6, 6.07) is 7.96. The zero-order valence-electron chi connectivity index (χ0n) is 15.1. The number of ether oxygens (including phenoxy) is 1. The number of benzene rings is 1. The summed E-state index contributed by atoms with van der Waals surface area (Å²) < 4.78 is 5.70. The lowest BCUT2D eigenvalue weighted by Crippen LogP contribution is -2.38. The molecule has 0 radical (unpaired) electrons. The molecular weight excluding hydrogens is 290 g/mol. The first-order chi connectivity index (χ1) is 10.8. The van der Waals surface area contributed by atoms with Gasteiger partial charge in [0.25, 0.3) is 0 Å². The fourth-order valence-electron chi connectivity index (χ4n) is 2.05. The molecule has 0 aliphatic rings. The quantitative estimate of drug-likeness (QED) is 0.724. The van der Waals surface area contributed by atoms with Crippen LogP contribution < -0.4 is 15.4 Å². The third kappa shape index (κ3) is 8.45. The van der Waals surface area contributed by atoms with Crippen LogP contribution in [0.2, 0.25) is 0 Å². The van der Waals surface area contributed by atoms with Gasteiger partial charge in [0.05, 0.1) is 6.54 Å². The van der Waals surface area contributed by atoms with Gasteiger partial charge in [-0.15, -0.1) is 0 Å². The van der Waals surface area contributed by atoms with Crippen LogP contribution in [-0.4, -0.2) is 51.3 Å². The van der Waals surface area contributed by atoms with Gasteiger partial charge in [-0.1, -0.05) is 32.9 Å². The van der Waals surface area contributed by atoms with Crippen LogP contribution in [0.15, 0.2) is 24.3 Å². The second-order valence-corrected chi connectivity index (χ2v) is 6.97. The first-order valence-electron chi connectivity index (χ1n) is 8.19. The van der Waals surface area contributed by atoms with Gasteiger partial charge in [0, 0.05) is 6.54 Å². The molecule has 0 aromatic heterocycles. The van der Waals surface area contributed by atoms with E-state index in [1.165, 1.54) is 5.56 Å². The zero-order valence-corrected chi connectivity index (χ0v) is 15.1. The summed E-state index contributed by atoms with van der Waals surface area (Å²) in [5, 5.41) is 5.63. The van der Waals surface area contributed by atoms with Crippen molar-refractivity contribution in [2.45, 2.75) is 32.6 Å². The van der Waals surface area contributed by atoms with Gasteiger partial charge in [0.2, 0.25) is 0 Å². The molecular formula is C18H31N3O2. The Hall–Kier alpha value is -1.75. The van der Waals surface area contributed by atoms with Gasteiger partial charge in [0.1, 0.15) is 12.4 Å². The van der Waals surface area contributed by atoms with Crippen molar-refractivity contribution in [3.8, 4) is 5.75 Å². The molecule has 130 valence electrons. The summed E-state index contributed by atoms with van der Waals surface area (Å²) in [6.45, 7) is 9.11. The fourth-order valence-corrected chi connectivity index (χ4v) is 2.05. The molecule has 0 saturated carbocycles. The monoisotopic (exact) mass is 321 g/mol. The topological polar surface area (TPSA) is 53.6 Å². The fraction of sp³-hybridized carbons (Fsp3) is 0.611. The Bertz CT molecular complexity index is 481. The molecule has 5 heteroatoms. The lowest BCUT2D eigenvalue weighted by molar-refractivity contribution is 0.236. The average Bonchev–Trinajstić information content (AvgIpc) is 2.47. The minimum Gasteiger partial charge on any atom is -0.492 e. The molecule has 1 rings (SSSR count). The maximum atomic E-state index is 11.6. The molecule has 5 nitrogen and oxygen atoms in total. The zero-order chi connectivity index (χ0) is 17.3. The van der Waals surface area contributed by atoms with Crippen LogP contribution in [-0.2, 0) is 5.41 Å². The van der Waals surface area contributed by atoms with Crippen LogP contribution in [0.4, 0.5) is 4.79 Å². The summed E-state index contributed by atoms with van der Waals surface area (Å²) in [5.74, 6) is 0.839. The highest BCUT2D eigenvalue weighted by Gasteiger charge is 2.13. The van der Waals surface area contributed by atoms with Gasteiger partial charge in [0.15, 0.2) is 0 Å². The van der Waals surface area contributed by atoms with E-state index in [-0.39, 0.29) is 11.4 Å². The molecule has 23 heavy (non-hydrogen) atoms. The van der Waals surface area contributed by atoms with Crippen molar-refractivity contribution in [3.63, 3.8) is 0 Å². The molecule has 0 atom stereocenters. The van der Waals surface area contributed by atoms with Crippen LogP contribution in [0.25, 0.3) is 0 Å². The van der Waals surface area contributed by atoms with E-state index in [9.17, 15) is 4.79 Å². The number of carbonyl (C=O) groups is 1. The van der Waals surface area contributed by atoms with Crippen molar-refractivity contribution in [3.05, 3.63) is 29.8 Å². The molecule has 0 aliphatic carbocycles. The number of amides is 2. The van der Waals surface area contributed by atoms with Gasteiger partial charge in [-0.3, -0.25) is 0 Å². The van der Waals surface area contributed by atoms with E-state index in [4.69, 9.17) is 4.74 Å². The van der Waals surface area contributed by atoms with E-state index in [0.717, 1.165) is 18.7 Å². The number of hydrogen-bond acceptors (Lipinski definition) is 3. The van der Waals surface area contributed by atoms with E-state index in [1.54, 1.807) is 0 Å². The largest absolute Gasteiger partial charge is 0.492 e. The normalized spacial score (nSPS) is 11.4. The molecule has 0 heterocycles. The molecule has 1 aromatic rings. The van der Waals surface area contributed by atoms with Crippen LogP contribution in [0.1, 0.15) is 32.8 Å². The summed E-state index contributed by atoms with van der Waals surface area (Å²) in [4.78, 5) is 13.7. The molecule has 2 N–H and O–H groups in total. The second-order valence-electron chi connectivity index (χ2n) is 6.97. The molecule has 0 bridgehead atoms. The third-order valence-electron chi connectivity index (χ3n) is 3.42. The molecule has 0 unspecified atom stereocenters. The second kappa shape index (κ2) is 9.40. The number of nitrogens with one attached hydrogen (secondary N) is 2. The van der Waals surface area contributed by atoms with E-state index in [1.807, 2.05) is 26.2 Å². The Balaban J connectivity index is 2.21. The molecule has 2 amide bonds. The van der Waals surface area contributed by atoms with E-state index >= 15 is 0 Å². The van der Waals surface area contributed by atoms with Gasteiger partial charge in [-0.25, -0.2) is 4.79 Å². The third-order valence-corrected chi connectivity index (χ3v) is 3.42. The van der Waals surface area contributed by atoms with Crippen molar-refractivity contribution in [2.75, 3.05) is 40.3 Å². The Morgan fingerprint density at radius 2 is 1.87 bits per heavy atom.